The lowest BCUT2D eigenvalue weighted by molar-refractivity contribution is -0.116. The zero-order chi connectivity index (χ0) is 28.8. The smallest absolute Gasteiger partial charge is 0.272 e. The zero-order valence-corrected chi connectivity index (χ0v) is 24.1. The summed E-state index contributed by atoms with van der Waals surface area (Å²) < 4.78 is 0. The van der Waals surface area contributed by atoms with Crippen molar-refractivity contribution in [2.45, 2.75) is 11.3 Å². The van der Waals surface area contributed by atoms with Crippen molar-refractivity contribution in [1.82, 2.24) is 5.32 Å². The first kappa shape index (κ1) is 28.5. The van der Waals surface area contributed by atoms with Crippen LogP contribution in [0, 0.1) is 0 Å². The minimum atomic E-state index is -0.544. The third-order valence-corrected chi connectivity index (χ3v) is 8.26. The summed E-state index contributed by atoms with van der Waals surface area (Å²) in [6.07, 6.45) is 2.33. The van der Waals surface area contributed by atoms with Crippen LogP contribution in [0.1, 0.15) is 21.5 Å². The van der Waals surface area contributed by atoms with Crippen LogP contribution in [0.15, 0.2) is 108 Å². The molecule has 2 N–H and O–H groups in total. The Bertz CT molecular complexity index is 1640. The van der Waals surface area contributed by atoms with E-state index in [1.54, 1.807) is 66.7 Å². The van der Waals surface area contributed by atoms with Crippen LogP contribution in [0.5, 0.6) is 0 Å². The van der Waals surface area contributed by atoms with Crippen molar-refractivity contribution < 1.29 is 14.4 Å². The number of hydrogen-bond acceptors (Lipinski definition) is 4. The van der Waals surface area contributed by atoms with Crippen molar-refractivity contribution in [3.8, 4) is 0 Å². The molecule has 0 fully saturated rings. The van der Waals surface area contributed by atoms with E-state index < -0.39 is 11.8 Å². The van der Waals surface area contributed by atoms with Crippen LogP contribution in [0.3, 0.4) is 0 Å². The Balaban J connectivity index is 1.30. The first-order chi connectivity index (χ1) is 19.9. The minimum Gasteiger partial charge on any atom is -0.321 e. The summed E-state index contributed by atoms with van der Waals surface area (Å²) >= 11 is 13.9. The number of carbonyl (C=O) groups excluding carboxylic acids is 3. The molecule has 0 saturated carbocycles. The Labute approximate surface area is 252 Å². The molecule has 1 heterocycles. The molecule has 4 aromatic carbocycles. The van der Waals surface area contributed by atoms with Crippen molar-refractivity contribution in [1.29, 1.82) is 0 Å². The monoisotopic (exact) mass is 601 g/mol. The van der Waals surface area contributed by atoms with E-state index >= 15 is 0 Å². The van der Waals surface area contributed by atoms with Crippen LogP contribution in [0.4, 0.5) is 11.4 Å². The number of carbonyl (C=O) groups is 3. The van der Waals surface area contributed by atoms with E-state index in [2.05, 4.69) is 10.6 Å². The predicted molar refractivity (Wildman–Crippen MR) is 167 cm³/mol. The maximum atomic E-state index is 13.4. The van der Waals surface area contributed by atoms with Crippen LogP contribution in [0.2, 0.25) is 10.0 Å². The van der Waals surface area contributed by atoms with Gasteiger partial charge in [0.2, 0.25) is 5.91 Å². The van der Waals surface area contributed by atoms with E-state index in [4.69, 9.17) is 23.2 Å². The summed E-state index contributed by atoms with van der Waals surface area (Å²) in [7, 11) is 0. The summed E-state index contributed by atoms with van der Waals surface area (Å²) in [4.78, 5) is 41.9. The molecule has 3 amide bonds. The van der Waals surface area contributed by atoms with Crippen molar-refractivity contribution in [2.75, 3.05) is 22.5 Å². The Morgan fingerprint density at radius 3 is 2.46 bits per heavy atom. The van der Waals surface area contributed by atoms with E-state index in [1.165, 1.54) is 23.4 Å². The highest BCUT2D eigenvalue weighted by atomic mass is 35.5. The molecule has 9 heteroatoms. The van der Waals surface area contributed by atoms with Gasteiger partial charge in [0.1, 0.15) is 5.70 Å². The van der Waals surface area contributed by atoms with Gasteiger partial charge in [-0.3, -0.25) is 14.4 Å². The number of benzene rings is 4. The number of rotatable bonds is 8. The number of thioether (sulfide) groups is 1. The molecule has 1 aliphatic rings. The third kappa shape index (κ3) is 7.00. The van der Waals surface area contributed by atoms with Crippen LogP contribution in [0.25, 0.3) is 6.08 Å². The van der Waals surface area contributed by atoms with Crippen LogP contribution >= 0.6 is 35.0 Å². The highest BCUT2D eigenvalue weighted by molar-refractivity contribution is 8.00. The zero-order valence-electron chi connectivity index (χ0n) is 21.8. The number of nitrogens with one attached hydrogen (secondary N) is 2. The largest absolute Gasteiger partial charge is 0.321 e. The van der Waals surface area contributed by atoms with Crippen molar-refractivity contribution in [3.63, 3.8) is 0 Å². The molecule has 0 radical (unpaired) electrons. The van der Waals surface area contributed by atoms with Crippen LogP contribution in [-0.2, 0) is 16.0 Å². The summed E-state index contributed by atoms with van der Waals surface area (Å²) in [6, 6.07) is 28.8. The number of anilines is 2. The molecule has 4 aromatic rings. The number of para-hydroxylation sites is 1. The van der Waals surface area contributed by atoms with Gasteiger partial charge in [-0.2, -0.15) is 0 Å². The van der Waals surface area contributed by atoms with E-state index in [9.17, 15) is 14.4 Å². The molecule has 206 valence electrons. The molecule has 0 aliphatic carbocycles. The van der Waals surface area contributed by atoms with Gasteiger partial charge in [-0.1, -0.05) is 77.8 Å². The van der Waals surface area contributed by atoms with Crippen molar-refractivity contribution in [3.05, 3.63) is 129 Å². The van der Waals surface area contributed by atoms with Crippen LogP contribution in [-0.4, -0.2) is 30.0 Å². The molecule has 0 bridgehead atoms. The van der Waals surface area contributed by atoms with Gasteiger partial charge in [0.15, 0.2) is 0 Å². The average Bonchev–Trinajstić information content (AvgIpc) is 3.43. The lowest BCUT2D eigenvalue weighted by Crippen LogP contribution is -2.30. The first-order valence-corrected chi connectivity index (χ1v) is 14.6. The second-order valence-corrected chi connectivity index (χ2v) is 11.0. The molecule has 41 heavy (non-hydrogen) atoms. The van der Waals surface area contributed by atoms with Gasteiger partial charge in [0.05, 0.1) is 15.8 Å². The number of hydrogen-bond donors (Lipinski definition) is 2. The third-order valence-electron chi connectivity index (χ3n) is 6.45. The molecule has 1 aliphatic heterocycles. The Kier molecular flexibility index (Phi) is 9.09. The quantitative estimate of drug-likeness (QED) is 0.167. The molecule has 0 unspecified atom stereocenters. The van der Waals surface area contributed by atoms with Crippen molar-refractivity contribution in [2.24, 2.45) is 0 Å². The average molecular weight is 603 g/mol. The summed E-state index contributed by atoms with van der Waals surface area (Å²) in [5, 5.41) is 6.12. The molecular formula is C32H25Cl2N3O3S. The van der Waals surface area contributed by atoms with E-state index in [1.807, 2.05) is 35.2 Å². The molecule has 5 rings (SSSR count). The number of halogens is 2. The fourth-order valence-electron chi connectivity index (χ4n) is 4.41. The number of fused-ring (bicyclic) bond motifs is 1. The second-order valence-electron chi connectivity index (χ2n) is 9.22. The number of amides is 3. The van der Waals surface area contributed by atoms with Crippen LogP contribution < -0.4 is 15.5 Å². The molecule has 6 nitrogen and oxygen atoms in total. The Morgan fingerprint density at radius 1 is 0.878 bits per heavy atom. The van der Waals surface area contributed by atoms with Gasteiger partial charge in [-0.25, -0.2) is 0 Å². The normalized spacial score (nSPS) is 12.5. The van der Waals surface area contributed by atoms with E-state index in [0.29, 0.717) is 28.4 Å². The maximum Gasteiger partial charge on any atom is 0.272 e. The van der Waals surface area contributed by atoms with Gasteiger partial charge in [0, 0.05) is 28.4 Å². The topological polar surface area (TPSA) is 78.5 Å². The maximum absolute atomic E-state index is 13.4. The standard InChI is InChI=1S/C32H25Cl2N3O3S/c33-26-14-6-11-23(30(26)34)18-27(36-31(39)22-9-2-1-3-10-22)32(40)35-24-12-7-13-25(19-24)41-20-29(38)37-17-16-21-8-4-5-15-28(21)37/h1-15,18-19H,16-17,20H2,(H,35,40)(H,36,39)/b27-18-. The molecule has 0 saturated heterocycles. The molecule has 0 spiro atoms. The minimum absolute atomic E-state index is 0.0102. The fourth-order valence-corrected chi connectivity index (χ4v) is 5.61. The van der Waals surface area contributed by atoms with Gasteiger partial charge in [-0.15, -0.1) is 11.8 Å². The van der Waals surface area contributed by atoms with Gasteiger partial charge in [0.25, 0.3) is 11.8 Å². The SMILES string of the molecule is O=C(Nc1cccc(SCC(=O)N2CCc3ccccc32)c1)/C(=C/c1cccc(Cl)c1Cl)NC(=O)c1ccccc1. The number of nitrogens with zero attached hydrogens (tertiary/aromatic N) is 1. The van der Waals surface area contributed by atoms with Gasteiger partial charge >= 0.3 is 0 Å². The van der Waals surface area contributed by atoms with Gasteiger partial charge < -0.3 is 15.5 Å². The lowest BCUT2D eigenvalue weighted by atomic mass is 10.1. The highest BCUT2D eigenvalue weighted by Crippen LogP contribution is 2.30. The van der Waals surface area contributed by atoms with E-state index in [0.717, 1.165) is 17.0 Å². The van der Waals surface area contributed by atoms with Gasteiger partial charge in [-0.05, 0) is 66.1 Å². The summed E-state index contributed by atoms with van der Waals surface area (Å²) in [6.45, 7) is 0.676. The first-order valence-electron chi connectivity index (χ1n) is 12.8. The predicted octanol–water partition coefficient (Wildman–Crippen LogP) is 7.08. The highest BCUT2D eigenvalue weighted by Gasteiger charge is 2.24. The van der Waals surface area contributed by atoms with E-state index in [-0.39, 0.29) is 22.4 Å². The Morgan fingerprint density at radius 2 is 1.63 bits per heavy atom. The lowest BCUT2D eigenvalue weighted by Gasteiger charge is -2.17. The molecule has 0 aromatic heterocycles. The fraction of sp³-hybridized carbons (Fsp3) is 0.0938. The Hall–Kier alpha value is -4.04. The summed E-state index contributed by atoms with van der Waals surface area (Å²) in [5.74, 6) is -0.701. The summed E-state index contributed by atoms with van der Waals surface area (Å²) in [5.41, 5.74) is 3.52. The van der Waals surface area contributed by atoms with Crippen molar-refractivity contribution >= 4 is 70.1 Å². The molecule has 0 atom stereocenters. The molecular weight excluding hydrogens is 577 g/mol. The second kappa shape index (κ2) is 13.1.